The number of nitrogen functional groups attached to an aromatic ring is 1. The van der Waals surface area contributed by atoms with Gasteiger partial charge in [-0.05, 0) is 42.8 Å². The first-order valence-corrected chi connectivity index (χ1v) is 12.5. The van der Waals surface area contributed by atoms with Crippen LogP contribution >= 0.6 is 11.3 Å². The van der Waals surface area contributed by atoms with E-state index in [1.54, 1.807) is 0 Å². The summed E-state index contributed by atoms with van der Waals surface area (Å²) >= 11 is 1.86. The summed E-state index contributed by atoms with van der Waals surface area (Å²) in [6.45, 7) is 2.35. The lowest BCUT2D eigenvalue weighted by molar-refractivity contribution is 0.551. The maximum Gasteiger partial charge on any atom is 0.0655 e. The van der Waals surface area contributed by atoms with Crippen LogP contribution in [0.1, 0.15) is 12.5 Å². The van der Waals surface area contributed by atoms with Crippen LogP contribution in [0.5, 0.6) is 0 Å². The molecule has 2 aliphatic rings. The Labute approximate surface area is 203 Å². The van der Waals surface area contributed by atoms with Crippen molar-refractivity contribution in [1.29, 1.82) is 0 Å². The van der Waals surface area contributed by atoms with E-state index in [0.717, 1.165) is 5.69 Å². The van der Waals surface area contributed by atoms with Crippen LogP contribution in [0.3, 0.4) is 0 Å². The van der Waals surface area contributed by atoms with Crippen LogP contribution in [-0.2, 0) is 5.41 Å². The Balaban J connectivity index is 1.52. The van der Waals surface area contributed by atoms with Gasteiger partial charge in [0, 0.05) is 53.8 Å². The van der Waals surface area contributed by atoms with Crippen LogP contribution in [0.2, 0.25) is 0 Å². The highest BCUT2D eigenvalue weighted by Gasteiger charge is 2.46. The lowest BCUT2D eigenvalue weighted by Crippen LogP contribution is -2.39. The molecule has 1 aliphatic carbocycles. The van der Waals surface area contributed by atoms with Crippen molar-refractivity contribution >= 4 is 48.6 Å². The van der Waals surface area contributed by atoms with E-state index < -0.39 is 0 Å². The fourth-order valence-corrected chi connectivity index (χ4v) is 7.06. The van der Waals surface area contributed by atoms with E-state index in [4.69, 9.17) is 5.73 Å². The van der Waals surface area contributed by atoms with E-state index in [1.807, 2.05) is 17.4 Å². The van der Waals surface area contributed by atoms with Gasteiger partial charge >= 0.3 is 0 Å². The van der Waals surface area contributed by atoms with Crippen molar-refractivity contribution in [1.82, 2.24) is 0 Å². The van der Waals surface area contributed by atoms with Crippen molar-refractivity contribution in [3.63, 3.8) is 0 Å². The molecule has 164 valence electrons. The monoisotopic (exact) mass is 456 g/mol. The average Bonchev–Trinajstić information content (AvgIpc) is 3.37. The fourth-order valence-electron chi connectivity index (χ4n) is 5.83. The standard InChI is InChI=1S/C31H24N2S/c1-31-18-7-6-15-29(31)33(27-13-4-3-12-25(27)31)26-17-16-20(32)19-24(26)23-11-8-10-22-21-9-2-5-14-28(21)34-30(22)23/h2-19,29H,32H2,1H3. The highest BCUT2D eigenvalue weighted by Crippen LogP contribution is 2.53. The summed E-state index contributed by atoms with van der Waals surface area (Å²) in [5, 5.41) is 2.62. The lowest BCUT2D eigenvalue weighted by Gasteiger charge is -2.35. The highest BCUT2D eigenvalue weighted by atomic mass is 32.1. The minimum Gasteiger partial charge on any atom is -0.399 e. The maximum absolute atomic E-state index is 6.39. The third-order valence-electron chi connectivity index (χ3n) is 7.46. The summed E-state index contributed by atoms with van der Waals surface area (Å²) in [5.41, 5.74) is 13.3. The Bertz CT molecular complexity index is 1660. The number of fused-ring (bicyclic) bond motifs is 6. The summed E-state index contributed by atoms with van der Waals surface area (Å²) in [6, 6.07) is 30.7. The number of hydrogen-bond acceptors (Lipinski definition) is 3. The molecule has 0 radical (unpaired) electrons. The van der Waals surface area contributed by atoms with Crippen LogP contribution in [0.25, 0.3) is 31.3 Å². The number of benzene rings is 4. The Kier molecular flexibility index (Phi) is 4.09. The third-order valence-corrected chi connectivity index (χ3v) is 8.68. The average molecular weight is 457 g/mol. The zero-order chi connectivity index (χ0) is 22.9. The molecule has 0 amide bonds. The van der Waals surface area contributed by atoms with Crippen molar-refractivity contribution in [2.45, 2.75) is 18.4 Å². The van der Waals surface area contributed by atoms with Crippen molar-refractivity contribution in [3.05, 3.63) is 115 Å². The Morgan fingerprint density at radius 2 is 1.62 bits per heavy atom. The zero-order valence-corrected chi connectivity index (χ0v) is 19.7. The molecular weight excluding hydrogens is 432 g/mol. The molecule has 5 aromatic rings. The molecule has 2 nitrogen and oxygen atoms in total. The molecule has 0 saturated carbocycles. The van der Waals surface area contributed by atoms with Gasteiger partial charge in [-0.15, -0.1) is 11.3 Å². The smallest absolute Gasteiger partial charge is 0.0655 e. The molecule has 1 aromatic heterocycles. The largest absolute Gasteiger partial charge is 0.399 e. The van der Waals surface area contributed by atoms with E-state index in [9.17, 15) is 0 Å². The molecular formula is C31H24N2S. The highest BCUT2D eigenvalue weighted by molar-refractivity contribution is 7.26. The molecule has 3 heteroatoms. The number of para-hydroxylation sites is 1. The van der Waals surface area contributed by atoms with Gasteiger partial charge in [0.15, 0.2) is 0 Å². The molecule has 2 atom stereocenters. The second-order valence-corrected chi connectivity index (χ2v) is 10.5. The number of anilines is 3. The van der Waals surface area contributed by atoms with Gasteiger partial charge in [0.25, 0.3) is 0 Å². The first-order chi connectivity index (χ1) is 16.6. The van der Waals surface area contributed by atoms with E-state index in [-0.39, 0.29) is 11.5 Å². The molecule has 2 N–H and O–H groups in total. The summed E-state index contributed by atoms with van der Waals surface area (Å²) in [5.74, 6) is 0. The molecule has 2 heterocycles. The molecule has 1 aliphatic heterocycles. The number of hydrogen-bond donors (Lipinski definition) is 1. The van der Waals surface area contributed by atoms with Crippen molar-refractivity contribution < 1.29 is 0 Å². The fraction of sp³-hybridized carbons (Fsp3) is 0.0968. The van der Waals surface area contributed by atoms with E-state index in [0.29, 0.717) is 0 Å². The number of nitrogens with zero attached hydrogens (tertiary/aromatic N) is 1. The molecule has 0 bridgehead atoms. The van der Waals surface area contributed by atoms with Gasteiger partial charge in [0.05, 0.1) is 6.04 Å². The minimum absolute atomic E-state index is 0.0758. The first-order valence-electron chi connectivity index (χ1n) is 11.7. The van der Waals surface area contributed by atoms with Crippen molar-refractivity contribution in [2.75, 3.05) is 10.6 Å². The molecule has 0 fully saturated rings. The second kappa shape index (κ2) is 7.09. The van der Waals surface area contributed by atoms with Gasteiger partial charge in [0.1, 0.15) is 0 Å². The third kappa shape index (κ3) is 2.62. The predicted octanol–water partition coefficient (Wildman–Crippen LogP) is 8.21. The first kappa shape index (κ1) is 19.6. The van der Waals surface area contributed by atoms with Gasteiger partial charge in [-0.1, -0.05) is 78.9 Å². The maximum atomic E-state index is 6.39. The van der Waals surface area contributed by atoms with Gasteiger partial charge in [-0.2, -0.15) is 0 Å². The number of thiophene rings is 1. The summed E-state index contributed by atoms with van der Waals surface area (Å²) in [4.78, 5) is 2.51. The summed E-state index contributed by atoms with van der Waals surface area (Å²) in [6.07, 6.45) is 9.04. The number of nitrogens with two attached hydrogens (primary N) is 1. The van der Waals surface area contributed by atoms with E-state index in [2.05, 4.69) is 115 Å². The van der Waals surface area contributed by atoms with Gasteiger partial charge in [-0.3, -0.25) is 0 Å². The molecule has 0 saturated heterocycles. The Morgan fingerprint density at radius 1 is 0.794 bits per heavy atom. The van der Waals surface area contributed by atoms with Crippen LogP contribution < -0.4 is 10.6 Å². The van der Waals surface area contributed by atoms with Gasteiger partial charge in [0.2, 0.25) is 0 Å². The number of allylic oxidation sites excluding steroid dienone is 2. The van der Waals surface area contributed by atoms with Crippen LogP contribution in [0, 0.1) is 0 Å². The number of rotatable bonds is 2. The van der Waals surface area contributed by atoms with Crippen LogP contribution in [-0.4, -0.2) is 6.04 Å². The van der Waals surface area contributed by atoms with Crippen LogP contribution in [0.4, 0.5) is 17.1 Å². The Hall–Kier alpha value is -3.82. The quantitative estimate of drug-likeness (QED) is 0.271. The van der Waals surface area contributed by atoms with E-state index in [1.165, 1.54) is 48.2 Å². The molecule has 34 heavy (non-hydrogen) atoms. The lowest BCUT2D eigenvalue weighted by atomic mass is 9.76. The normalized spacial score (nSPS) is 20.7. The SMILES string of the molecule is CC12C=CC=CC1N(c1ccc(N)cc1-c1cccc3c1sc1ccccc13)c1ccccc12. The zero-order valence-electron chi connectivity index (χ0n) is 18.9. The molecule has 0 spiro atoms. The summed E-state index contributed by atoms with van der Waals surface area (Å²) in [7, 11) is 0. The topological polar surface area (TPSA) is 29.3 Å². The van der Waals surface area contributed by atoms with E-state index >= 15 is 0 Å². The predicted molar refractivity (Wildman–Crippen MR) is 147 cm³/mol. The van der Waals surface area contributed by atoms with Crippen molar-refractivity contribution in [2.24, 2.45) is 0 Å². The van der Waals surface area contributed by atoms with Gasteiger partial charge < -0.3 is 10.6 Å². The Morgan fingerprint density at radius 3 is 2.56 bits per heavy atom. The summed E-state index contributed by atoms with van der Waals surface area (Å²) < 4.78 is 2.62. The minimum atomic E-state index is -0.0758. The molecule has 4 aromatic carbocycles. The molecule has 2 unspecified atom stereocenters. The second-order valence-electron chi connectivity index (χ2n) is 9.42. The molecule has 7 rings (SSSR count). The van der Waals surface area contributed by atoms with Crippen LogP contribution in [0.15, 0.2) is 109 Å². The van der Waals surface area contributed by atoms with Crippen molar-refractivity contribution in [3.8, 4) is 11.1 Å². The van der Waals surface area contributed by atoms with Gasteiger partial charge in [-0.25, -0.2) is 0 Å².